The van der Waals surface area contributed by atoms with Crippen LogP contribution in [0, 0.1) is 0 Å². The third-order valence-electron chi connectivity index (χ3n) is 12.5. The van der Waals surface area contributed by atoms with Gasteiger partial charge >= 0.3 is 0 Å². The van der Waals surface area contributed by atoms with E-state index in [0.29, 0.717) is 0 Å². The van der Waals surface area contributed by atoms with Gasteiger partial charge in [0, 0.05) is 55.6 Å². The summed E-state index contributed by atoms with van der Waals surface area (Å²) in [5.74, 6) is 0. The largest absolute Gasteiger partial charge is 0.456 e. The molecule has 1 aliphatic heterocycles. The molecule has 0 bridgehead atoms. The van der Waals surface area contributed by atoms with Crippen LogP contribution in [-0.2, 0) is 5.41 Å². The number of furan rings is 1. The van der Waals surface area contributed by atoms with Crippen molar-refractivity contribution in [3.63, 3.8) is 0 Å². The van der Waals surface area contributed by atoms with Crippen LogP contribution in [0.1, 0.15) is 54.6 Å². The van der Waals surface area contributed by atoms with E-state index in [9.17, 15) is 0 Å². The number of anilines is 4. The maximum atomic E-state index is 6.26. The Kier molecular flexibility index (Phi) is 7.81. The van der Waals surface area contributed by atoms with E-state index < -0.39 is 0 Å². The van der Waals surface area contributed by atoms with Gasteiger partial charge in [-0.05, 0) is 88.8 Å². The molecule has 1 unspecified atom stereocenters. The van der Waals surface area contributed by atoms with Gasteiger partial charge in [-0.15, -0.1) is 0 Å². The molecule has 11 rings (SSSR count). The van der Waals surface area contributed by atoms with Crippen LogP contribution in [0.2, 0.25) is 0 Å². The lowest BCUT2D eigenvalue weighted by atomic mass is 9.82. The quantitative estimate of drug-likeness (QED) is 0.162. The van der Waals surface area contributed by atoms with Gasteiger partial charge in [0.15, 0.2) is 0 Å². The fraction of sp³-hybridized carbons (Fsp3) is 0.0909. The van der Waals surface area contributed by atoms with Crippen LogP contribution in [0.25, 0.3) is 49.9 Å². The maximum Gasteiger partial charge on any atom is 0.135 e. The number of fused-ring (bicyclic) bond motifs is 7. The molecule has 1 aromatic heterocycles. The molecule has 3 heteroatoms. The summed E-state index contributed by atoms with van der Waals surface area (Å²) in [6.07, 6.45) is 2.30. The van der Waals surface area contributed by atoms with Gasteiger partial charge in [-0.1, -0.05) is 159 Å². The minimum absolute atomic E-state index is 0.00219. The van der Waals surface area contributed by atoms with Gasteiger partial charge in [0.2, 0.25) is 0 Å². The van der Waals surface area contributed by atoms with Crippen molar-refractivity contribution >= 4 is 50.4 Å². The minimum Gasteiger partial charge on any atom is -0.456 e. The standard InChI is InChI=1S/C55H42N2O/c1-4-49(42-22-8-9-24-44(42)54-45-25-12-16-28-51(45)57(54)37-31-33-53-46(34-37)43-23-13-17-29-52(43)58-53)56(50-27-15-11-20-39(50)36-18-6-5-7-19-36)38-30-32-41-40-21-10-14-26-47(40)55(2,3)48(41)35-38/h4-35,54H,1-3H3/b49-4+. The number of nitrogens with zero attached hydrogens (tertiary/aromatic N) is 2. The Morgan fingerprint density at radius 2 is 1.24 bits per heavy atom. The average molecular weight is 747 g/mol. The summed E-state index contributed by atoms with van der Waals surface area (Å²) in [4.78, 5) is 5.00. The molecule has 8 aromatic carbocycles. The highest BCUT2D eigenvalue weighted by molar-refractivity contribution is 6.06. The van der Waals surface area contributed by atoms with Crippen molar-refractivity contribution in [1.82, 2.24) is 0 Å². The second-order valence-corrected chi connectivity index (χ2v) is 16.0. The minimum atomic E-state index is -0.141. The molecule has 0 N–H and O–H groups in total. The molecular formula is C55H42N2O. The number of allylic oxidation sites excluding steroid dienone is 1. The third-order valence-corrected chi connectivity index (χ3v) is 12.5. The Morgan fingerprint density at radius 1 is 0.569 bits per heavy atom. The smallest absolute Gasteiger partial charge is 0.135 e. The second kappa shape index (κ2) is 13.2. The van der Waals surface area contributed by atoms with E-state index in [2.05, 4.69) is 213 Å². The topological polar surface area (TPSA) is 19.6 Å². The van der Waals surface area contributed by atoms with E-state index in [4.69, 9.17) is 4.42 Å². The molecule has 0 spiro atoms. The number of hydrogen-bond acceptors (Lipinski definition) is 3. The van der Waals surface area contributed by atoms with Crippen molar-refractivity contribution in [2.75, 3.05) is 9.80 Å². The molecule has 2 heterocycles. The number of hydrogen-bond donors (Lipinski definition) is 0. The first-order valence-corrected chi connectivity index (χ1v) is 20.3. The predicted octanol–water partition coefficient (Wildman–Crippen LogP) is 15.0. The van der Waals surface area contributed by atoms with E-state index >= 15 is 0 Å². The van der Waals surface area contributed by atoms with Crippen LogP contribution in [-0.4, -0.2) is 0 Å². The van der Waals surface area contributed by atoms with E-state index in [-0.39, 0.29) is 11.5 Å². The SMILES string of the molecule is C/C=C(\c1ccccc1C1c2ccccc2N1c1ccc2oc3ccccc3c2c1)N(c1ccc2c(c1)C(C)(C)c1ccccc1-2)c1ccccc1-c1ccccc1. The molecular weight excluding hydrogens is 705 g/mol. The molecule has 0 saturated heterocycles. The van der Waals surface area contributed by atoms with E-state index in [0.717, 1.165) is 44.7 Å². The van der Waals surface area contributed by atoms with Gasteiger partial charge < -0.3 is 14.2 Å². The first-order chi connectivity index (χ1) is 28.5. The zero-order chi connectivity index (χ0) is 39.0. The molecule has 278 valence electrons. The third kappa shape index (κ3) is 5.13. The lowest BCUT2D eigenvalue weighted by molar-refractivity contribution is 0.660. The highest BCUT2D eigenvalue weighted by atomic mass is 16.3. The van der Waals surface area contributed by atoms with E-state index in [1.54, 1.807) is 0 Å². The summed E-state index contributed by atoms with van der Waals surface area (Å²) in [6, 6.07) is 68.4. The van der Waals surface area contributed by atoms with Crippen molar-refractivity contribution in [2.45, 2.75) is 32.2 Å². The molecule has 1 atom stereocenters. The summed E-state index contributed by atoms with van der Waals surface area (Å²) in [5.41, 5.74) is 18.9. The van der Waals surface area contributed by atoms with Crippen LogP contribution < -0.4 is 9.80 Å². The fourth-order valence-corrected chi connectivity index (χ4v) is 9.75. The summed E-state index contributed by atoms with van der Waals surface area (Å²) in [7, 11) is 0. The lowest BCUT2D eigenvalue weighted by Gasteiger charge is -2.46. The molecule has 0 fully saturated rings. The second-order valence-electron chi connectivity index (χ2n) is 16.0. The van der Waals surface area contributed by atoms with Crippen molar-refractivity contribution in [3.8, 4) is 22.3 Å². The highest BCUT2D eigenvalue weighted by Crippen LogP contribution is 2.55. The molecule has 1 aliphatic carbocycles. The maximum absolute atomic E-state index is 6.26. The van der Waals surface area contributed by atoms with Gasteiger partial charge in [0.25, 0.3) is 0 Å². The van der Waals surface area contributed by atoms with Gasteiger partial charge in [-0.3, -0.25) is 0 Å². The zero-order valence-corrected chi connectivity index (χ0v) is 32.9. The molecule has 0 radical (unpaired) electrons. The number of para-hydroxylation sites is 3. The van der Waals surface area contributed by atoms with Gasteiger partial charge in [0.05, 0.1) is 11.7 Å². The Bertz CT molecular complexity index is 3080. The number of rotatable bonds is 7. The average Bonchev–Trinajstić information content (AvgIpc) is 3.75. The summed E-state index contributed by atoms with van der Waals surface area (Å²) in [6.45, 7) is 6.91. The van der Waals surface area contributed by atoms with Crippen LogP contribution in [0.4, 0.5) is 22.7 Å². The van der Waals surface area contributed by atoms with Crippen LogP contribution in [0.3, 0.4) is 0 Å². The van der Waals surface area contributed by atoms with Crippen molar-refractivity contribution in [2.24, 2.45) is 0 Å². The Labute approximate surface area is 339 Å². The Hall–Kier alpha value is -7.10. The molecule has 9 aromatic rings. The number of benzene rings is 8. The molecule has 2 aliphatic rings. The summed E-state index contributed by atoms with van der Waals surface area (Å²) < 4.78 is 6.26. The molecule has 0 amide bonds. The van der Waals surface area contributed by atoms with Crippen molar-refractivity contribution in [3.05, 3.63) is 222 Å². The first-order valence-electron chi connectivity index (χ1n) is 20.3. The van der Waals surface area contributed by atoms with Crippen molar-refractivity contribution < 1.29 is 4.42 Å². The normalized spacial score (nSPS) is 15.2. The first kappa shape index (κ1) is 34.2. The molecule has 58 heavy (non-hydrogen) atoms. The fourth-order valence-electron chi connectivity index (χ4n) is 9.75. The molecule has 0 saturated carbocycles. The lowest BCUT2D eigenvalue weighted by Crippen LogP contribution is -2.35. The van der Waals surface area contributed by atoms with E-state index in [1.807, 2.05) is 12.1 Å². The van der Waals surface area contributed by atoms with Crippen LogP contribution in [0.15, 0.2) is 199 Å². The predicted molar refractivity (Wildman–Crippen MR) is 242 cm³/mol. The monoisotopic (exact) mass is 746 g/mol. The Balaban J connectivity index is 1.10. The van der Waals surface area contributed by atoms with Gasteiger partial charge in [-0.2, -0.15) is 0 Å². The van der Waals surface area contributed by atoms with Gasteiger partial charge in [-0.25, -0.2) is 0 Å². The van der Waals surface area contributed by atoms with Crippen LogP contribution in [0.5, 0.6) is 0 Å². The van der Waals surface area contributed by atoms with E-state index in [1.165, 1.54) is 55.8 Å². The molecule has 3 nitrogen and oxygen atoms in total. The van der Waals surface area contributed by atoms with Gasteiger partial charge in [0.1, 0.15) is 11.2 Å². The Morgan fingerprint density at radius 3 is 2.10 bits per heavy atom. The summed E-state index contributed by atoms with van der Waals surface area (Å²) >= 11 is 0. The zero-order valence-electron chi connectivity index (χ0n) is 32.9. The highest BCUT2D eigenvalue weighted by Gasteiger charge is 2.40. The summed E-state index contributed by atoms with van der Waals surface area (Å²) in [5, 5.41) is 2.26. The van der Waals surface area contributed by atoms with Crippen molar-refractivity contribution in [1.29, 1.82) is 0 Å². The van der Waals surface area contributed by atoms with Crippen LogP contribution >= 0.6 is 0 Å².